The molecule has 0 aromatic heterocycles. The molecule has 2 heteroatoms. The van der Waals surface area contributed by atoms with E-state index < -0.39 is 0 Å². The lowest BCUT2D eigenvalue weighted by molar-refractivity contribution is 0.350. The van der Waals surface area contributed by atoms with Gasteiger partial charge in [-0.25, -0.2) is 0 Å². The molecule has 2 rings (SSSR count). The molecule has 0 heterocycles. The van der Waals surface area contributed by atoms with Gasteiger partial charge in [-0.2, -0.15) is 0 Å². The second kappa shape index (κ2) is 7.75. The average Bonchev–Trinajstić information content (AvgIpc) is 2.45. The van der Waals surface area contributed by atoms with Crippen molar-refractivity contribution in [2.24, 2.45) is 5.92 Å². The van der Waals surface area contributed by atoms with Crippen molar-refractivity contribution in [2.45, 2.75) is 32.6 Å². The van der Waals surface area contributed by atoms with Gasteiger partial charge in [0, 0.05) is 30.0 Å². The molecule has 0 atom stereocenters. The molecule has 22 heavy (non-hydrogen) atoms. The number of terminal acetylenes is 1. The summed E-state index contributed by atoms with van der Waals surface area (Å²) in [6.07, 6.45) is 10.5. The van der Waals surface area contributed by atoms with Crippen LogP contribution in [-0.4, -0.2) is 13.1 Å². The number of allylic oxidation sites excluding steroid dienone is 1. The Balaban J connectivity index is 1.69. The number of nitrogens with one attached hydrogen (secondary N) is 2. The SMILES string of the molecule is C#Cc1cc(C(=C)NCCCNC(=C)C2CCC2)ccc1C. The molecule has 1 fully saturated rings. The van der Waals surface area contributed by atoms with Crippen LogP contribution in [-0.2, 0) is 0 Å². The molecule has 2 nitrogen and oxygen atoms in total. The molecule has 1 aliphatic rings. The van der Waals surface area contributed by atoms with E-state index in [0.29, 0.717) is 5.92 Å². The molecule has 1 aliphatic carbocycles. The highest BCUT2D eigenvalue weighted by Gasteiger charge is 2.19. The number of hydrogen-bond acceptors (Lipinski definition) is 2. The van der Waals surface area contributed by atoms with Gasteiger partial charge in [0.25, 0.3) is 0 Å². The normalized spacial score (nSPS) is 13.8. The lowest BCUT2D eigenvalue weighted by Gasteiger charge is -2.28. The van der Waals surface area contributed by atoms with E-state index in [1.807, 2.05) is 19.1 Å². The molecule has 116 valence electrons. The van der Waals surface area contributed by atoms with Gasteiger partial charge in [0.2, 0.25) is 0 Å². The Kier molecular flexibility index (Phi) is 5.72. The second-order valence-corrected chi connectivity index (χ2v) is 6.01. The molecule has 0 bridgehead atoms. The van der Waals surface area contributed by atoms with Crippen LogP contribution in [0.15, 0.2) is 37.1 Å². The topological polar surface area (TPSA) is 24.1 Å². The predicted molar refractivity (Wildman–Crippen MR) is 95.3 cm³/mol. The van der Waals surface area contributed by atoms with Crippen LogP contribution >= 0.6 is 0 Å². The van der Waals surface area contributed by atoms with Crippen molar-refractivity contribution in [1.82, 2.24) is 10.6 Å². The van der Waals surface area contributed by atoms with Crippen LogP contribution in [0.3, 0.4) is 0 Å². The van der Waals surface area contributed by atoms with Gasteiger partial charge in [0.1, 0.15) is 0 Å². The first kappa shape index (κ1) is 16.2. The maximum atomic E-state index is 5.51. The Bertz CT molecular complexity index is 588. The zero-order chi connectivity index (χ0) is 15.9. The first-order chi connectivity index (χ1) is 10.6. The Morgan fingerprint density at radius 3 is 2.64 bits per heavy atom. The second-order valence-electron chi connectivity index (χ2n) is 6.01. The standard InChI is InChI=1S/C20H26N2/c1-5-18-14-20(11-10-15(18)2)17(4)22-13-7-12-21-16(3)19-8-6-9-19/h1,10-11,14,19,21-22H,3-4,6-9,12-13H2,2H3. The molecule has 0 amide bonds. The number of benzene rings is 1. The van der Waals surface area contributed by atoms with E-state index >= 15 is 0 Å². The molecule has 0 saturated heterocycles. The maximum Gasteiger partial charge on any atom is 0.0341 e. The summed E-state index contributed by atoms with van der Waals surface area (Å²) in [6, 6.07) is 6.12. The van der Waals surface area contributed by atoms with E-state index in [2.05, 4.69) is 35.8 Å². The Hall–Kier alpha value is -2.14. The molecule has 0 spiro atoms. The molecule has 1 aromatic rings. The summed E-state index contributed by atoms with van der Waals surface area (Å²) in [4.78, 5) is 0. The Morgan fingerprint density at radius 2 is 2.00 bits per heavy atom. The van der Waals surface area contributed by atoms with Crippen LogP contribution in [0.2, 0.25) is 0 Å². The van der Waals surface area contributed by atoms with E-state index in [4.69, 9.17) is 6.42 Å². The molecule has 1 saturated carbocycles. The van der Waals surface area contributed by atoms with Crippen molar-refractivity contribution >= 4 is 5.70 Å². The number of aryl methyl sites for hydroxylation is 1. The van der Waals surface area contributed by atoms with Gasteiger partial charge >= 0.3 is 0 Å². The molecule has 1 aromatic carbocycles. The highest BCUT2D eigenvalue weighted by molar-refractivity contribution is 5.64. The van der Waals surface area contributed by atoms with Crippen LogP contribution in [0.4, 0.5) is 0 Å². The molecular weight excluding hydrogens is 268 g/mol. The fourth-order valence-corrected chi connectivity index (χ4v) is 2.54. The monoisotopic (exact) mass is 294 g/mol. The van der Waals surface area contributed by atoms with Crippen molar-refractivity contribution in [3.63, 3.8) is 0 Å². The van der Waals surface area contributed by atoms with E-state index in [0.717, 1.165) is 41.9 Å². The van der Waals surface area contributed by atoms with Gasteiger partial charge in [-0.15, -0.1) is 6.42 Å². The smallest absolute Gasteiger partial charge is 0.0341 e. The highest BCUT2D eigenvalue weighted by atomic mass is 14.9. The summed E-state index contributed by atoms with van der Waals surface area (Å²) in [5.41, 5.74) is 5.25. The fourth-order valence-electron chi connectivity index (χ4n) is 2.54. The third-order valence-electron chi connectivity index (χ3n) is 4.38. The summed E-state index contributed by atoms with van der Waals surface area (Å²) in [7, 11) is 0. The first-order valence-electron chi connectivity index (χ1n) is 8.05. The maximum absolute atomic E-state index is 5.51. The van der Waals surface area contributed by atoms with E-state index in [-0.39, 0.29) is 0 Å². The van der Waals surface area contributed by atoms with Crippen LogP contribution in [0.25, 0.3) is 5.70 Å². The summed E-state index contributed by atoms with van der Waals surface area (Å²) < 4.78 is 0. The van der Waals surface area contributed by atoms with Gasteiger partial charge in [0.15, 0.2) is 0 Å². The van der Waals surface area contributed by atoms with Crippen LogP contribution in [0, 0.1) is 25.2 Å². The fraction of sp³-hybridized carbons (Fsp3) is 0.400. The zero-order valence-electron chi connectivity index (χ0n) is 13.5. The number of rotatable bonds is 8. The van der Waals surface area contributed by atoms with Crippen molar-refractivity contribution in [2.75, 3.05) is 13.1 Å². The summed E-state index contributed by atoms with van der Waals surface area (Å²) in [6.45, 7) is 12.1. The largest absolute Gasteiger partial charge is 0.389 e. The van der Waals surface area contributed by atoms with Crippen LogP contribution in [0.5, 0.6) is 0 Å². The first-order valence-corrected chi connectivity index (χ1v) is 8.05. The van der Waals surface area contributed by atoms with Gasteiger partial charge in [0.05, 0.1) is 0 Å². The number of hydrogen-bond donors (Lipinski definition) is 2. The minimum atomic E-state index is 0.706. The van der Waals surface area contributed by atoms with Crippen molar-refractivity contribution < 1.29 is 0 Å². The van der Waals surface area contributed by atoms with Crippen molar-refractivity contribution in [3.8, 4) is 12.3 Å². The zero-order valence-corrected chi connectivity index (χ0v) is 13.5. The summed E-state index contributed by atoms with van der Waals surface area (Å²) in [5, 5.41) is 6.80. The van der Waals surface area contributed by atoms with Crippen LogP contribution in [0.1, 0.15) is 42.4 Å². The average molecular weight is 294 g/mol. The molecule has 0 aliphatic heterocycles. The molecule has 0 unspecified atom stereocenters. The summed E-state index contributed by atoms with van der Waals surface area (Å²) >= 11 is 0. The lowest BCUT2D eigenvalue weighted by atomic mass is 9.83. The quantitative estimate of drug-likeness (QED) is 0.562. The minimum Gasteiger partial charge on any atom is -0.389 e. The minimum absolute atomic E-state index is 0.706. The summed E-state index contributed by atoms with van der Waals surface area (Å²) in [5.74, 6) is 3.42. The van der Waals surface area contributed by atoms with E-state index in [9.17, 15) is 0 Å². The van der Waals surface area contributed by atoms with Gasteiger partial charge < -0.3 is 10.6 Å². The molecular formula is C20H26N2. The molecule has 2 N–H and O–H groups in total. The Morgan fingerprint density at radius 1 is 1.27 bits per heavy atom. The highest BCUT2D eigenvalue weighted by Crippen LogP contribution is 2.30. The van der Waals surface area contributed by atoms with Crippen molar-refractivity contribution in [1.29, 1.82) is 0 Å². The van der Waals surface area contributed by atoms with E-state index in [1.54, 1.807) is 0 Å². The molecule has 0 radical (unpaired) electrons. The Labute approximate surface area is 134 Å². The van der Waals surface area contributed by atoms with Gasteiger partial charge in [-0.05, 0) is 49.3 Å². The third kappa shape index (κ3) is 4.18. The van der Waals surface area contributed by atoms with Gasteiger partial charge in [-0.1, -0.05) is 37.6 Å². The van der Waals surface area contributed by atoms with Gasteiger partial charge in [-0.3, -0.25) is 0 Å². The van der Waals surface area contributed by atoms with Crippen LogP contribution < -0.4 is 10.6 Å². The lowest BCUT2D eigenvalue weighted by Crippen LogP contribution is -2.26. The van der Waals surface area contributed by atoms with Crippen molar-refractivity contribution in [3.05, 3.63) is 53.7 Å². The van der Waals surface area contributed by atoms with E-state index in [1.165, 1.54) is 25.0 Å². The third-order valence-corrected chi connectivity index (χ3v) is 4.38. The predicted octanol–water partition coefficient (Wildman–Crippen LogP) is 3.83.